The molecule has 4 rings (SSSR count). The van der Waals surface area contributed by atoms with Crippen molar-refractivity contribution in [2.75, 3.05) is 38.0 Å². The molecule has 0 unspecified atom stereocenters. The number of aromatic nitrogens is 2. The summed E-state index contributed by atoms with van der Waals surface area (Å²) in [6.45, 7) is 8.71. The minimum absolute atomic E-state index is 0.170. The van der Waals surface area contributed by atoms with Crippen molar-refractivity contribution >= 4 is 22.6 Å². The number of amides is 1. The van der Waals surface area contributed by atoms with Gasteiger partial charge >= 0.3 is 0 Å². The van der Waals surface area contributed by atoms with Gasteiger partial charge < -0.3 is 14.8 Å². The first-order valence-corrected chi connectivity index (χ1v) is 10.8. The van der Waals surface area contributed by atoms with Gasteiger partial charge in [0.2, 0.25) is 5.91 Å². The molecule has 1 amide bonds. The number of benzene rings is 1. The molecule has 28 heavy (non-hydrogen) atoms. The molecule has 1 saturated carbocycles. The zero-order chi connectivity index (χ0) is 19.5. The van der Waals surface area contributed by atoms with E-state index >= 15 is 0 Å². The van der Waals surface area contributed by atoms with Crippen LogP contribution in [0.2, 0.25) is 0 Å². The highest BCUT2D eigenvalue weighted by molar-refractivity contribution is 5.94. The van der Waals surface area contributed by atoms with Gasteiger partial charge in [-0.05, 0) is 37.6 Å². The van der Waals surface area contributed by atoms with Gasteiger partial charge in [-0.15, -0.1) is 0 Å². The Bertz CT molecular complexity index is 816. The van der Waals surface area contributed by atoms with Gasteiger partial charge in [-0.25, -0.2) is 4.98 Å². The van der Waals surface area contributed by atoms with Crippen LogP contribution in [0.4, 0.5) is 5.69 Å². The van der Waals surface area contributed by atoms with E-state index in [0.29, 0.717) is 0 Å². The molecule has 1 aliphatic heterocycles. The number of carbonyl (C=O) groups is 1. The second kappa shape index (κ2) is 8.62. The SMILES string of the molecule is CCN1CCN(Cc2nc3cc(NC(=O)C4CCCCC4)ccc3n2C)CC1. The van der Waals surface area contributed by atoms with E-state index in [0.717, 1.165) is 74.7 Å². The molecule has 1 aromatic heterocycles. The van der Waals surface area contributed by atoms with Crippen LogP contribution >= 0.6 is 0 Å². The van der Waals surface area contributed by atoms with E-state index in [1.165, 1.54) is 19.3 Å². The molecule has 0 bridgehead atoms. The molecule has 2 fully saturated rings. The van der Waals surface area contributed by atoms with E-state index in [-0.39, 0.29) is 11.8 Å². The molecule has 2 heterocycles. The summed E-state index contributed by atoms with van der Waals surface area (Å²) < 4.78 is 2.19. The number of hydrogen-bond donors (Lipinski definition) is 1. The highest BCUT2D eigenvalue weighted by Gasteiger charge is 2.22. The van der Waals surface area contributed by atoms with Crippen molar-refractivity contribution in [1.29, 1.82) is 0 Å². The van der Waals surface area contributed by atoms with Gasteiger partial charge in [-0.1, -0.05) is 26.2 Å². The van der Waals surface area contributed by atoms with Gasteiger partial charge in [0, 0.05) is 44.8 Å². The summed E-state index contributed by atoms with van der Waals surface area (Å²) >= 11 is 0. The maximum Gasteiger partial charge on any atom is 0.227 e. The minimum atomic E-state index is 0.170. The Labute approximate surface area is 167 Å². The number of rotatable bonds is 5. The molecule has 1 aromatic carbocycles. The molecule has 1 aliphatic carbocycles. The highest BCUT2D eigenvalue weighted by Crippen LogP contribution is 2.26. The van der Waals surface area contributed by atoms with E-state index in [1.807, 2.05) is 12.1 Å². The molecule has 1 N–H and O–H groups in total. The van der Waals surface area contributed by atoms with Crippen LogP contribution in [0, 0.1) is 5.92 Å². The first-order valence-electron chi connectivity index (χ1n) is 10.8. The third kappa shape index (κ3) is 4.23. The molecule has 0 atom stereocenters. The molecule has 152 valence electrons. The molecule has 6 nitrogen and oxygen atoms in total. The fourth-order valence-corrected chi connectivity index (χ4v) is 4.54. The van der Waals surface area contributed by atoms with E-state index in [4.69, 9.17) is 4.98 Å². The predicted octanol–water partition coefficient (Wildman–Crippen LogP) is 3.23. The minimum Gasteiger partial charge on any atom is -0.330 e. The lowest BCUT2D eigenvalue weighted by atomic mass is 9.88. The number of imidazole rings is 1. The third-order valence-electron chi connectivity index (χ3n) is 6.49. The van der Waals surface area contributed by atoms with Crippen LogP contribution in [-0.2, 0) is 18.4 Å². The Morgan fingerprint density at radius 1 is 1.11 bits per heavy atom. The molecule has 2 aliphatic rings. The van der Waals surface area contributed by atoms with Crippen LogP contribution in [0.3, 0.4) is 0 Å². The third-order valence-corrected chi connectivity index (χ3v) is 6.49. The van der Waals surface area contributed by atoms with E-state index in [2.05, 4.69) is 39.7 Å². The quantitative estimate of drug-likeness (QED) is 0.861. The second-order valence-electron chi connectivity index (χ2n) is 8.33. The smallest absolute Gasteiger partial charge is 0.227 e. The lowest BCUT2D eigenvalue weighted by Crippen LogP contribution is -2.45. The van der Waals surface area contributed by atoms with Crippen molar-refractivity contribution in [3.63, 3.8) is 0 Å². The van der Waals surface area contributed by atoms with Crippen LogP contribution in [0.25, 0.3) is 11.0 Å². The largest absolute Gasteiger partial charge is 0.330 e. The summed E-state index contributed by atoms with van der Waals surface area (Å²) in [6, 6.07) is 6.11. The predicted molar refractivity (Wildman–Crippen MR) is 113 cm³/mol. The van der Waals surface area contributed by atoms with Crippen LogP contribution in [-0.4, -0.2) is 58.0 Å². The van der Waals surface area contributed by atoms with Crippen molar-refractivity contribution in [2.45, 2.75) is 45.6 Å². The summed E-state index contributed by atoms with van der Waals surface area (Å²) in [6.07, 6.45) is 5.65. The number of nitrogens with zero attached hydrogens (tertiary/aromatic N) is 4. The van der Waals surface area contributed by atoms with Crippen molar-refractivity contribution in [1.82, 2.24) is 19.4 Å². The highest BCUT2D eigenvalue weighted by atomic mass is 16.1. The van der Waals surface area contributed by atoms with Gasteiger partial charge in [0.15, 0.2) is 0 Å². The first kappa shape index (κ1) is 19.4. The monoisotopic (exact) mass is 383 g/mol. The van der Waals surface area contributed by atoms with Gasteiger partial charge in [-0.2, -0.15) is 0 Å². The van der Waals surface area contributed by atoms with Crippen LogP contribution in [0.5, 0.6) is 0 Å². The van der Waals surface area contributed by atoms with Gasteiger partial charge in [0.05, 0.1) is 17.6 Å². The van der Waals surface area contributed by atoms with Gasteiger partial charge in [-0.3, -0.25) is 9.69 Å². The van der Waals surface area contributed by atoms with E-state index in [9.17, 15) is 4.79 Å². The summed E-state index contributed by atoms with van der Waals surface area (Å²) in [4.78, 5) is 22.4. The fourth-order valence-electron chi connectivity index (χ4n) is 4.54. The van der Waals surface area contributed by atoms with E-state index in [1.54, 1.807) is 0 Å². The number of aryl methyl sites for hydroxylation is 1. The topological polar surface area (TPSA) is 53.4 Å². The summed E-state index contributed by atoms with van der Waals surface area (Å²) in [5.41, 5.74) is 2.95. The maximum atomic E-state index is 12.5. The molecule has 1 saturated heterocycles. The Morgan fingerprint density at radius 2 is 1.82 bits per heavy atom. The lowest BCUT2D eigenvalue weighted by molar-refractivity contribution is -0.120. The zero-order valence-corrected chi connectivity index (χ0v) is 17.3. The fraction of sp³-hybridized carbons (Fsp3) is 0.636. The number of hydrogen-bond acceptors (Lipinski definition) is 4. The Hall–Kier alpha value is -1.92. The zero-order valence-electron chi connectivity index (χ0n) is 17.3. The average molecular weight is 384 g/mol. The Balaban J connectivity index is 1.44. The first-order chi connectivity index (χ1) is 13.6. The van der Waals surface area contributed by atoms with E-state index < -0.39 is 0 Å². The number of anilines is 1. The molecule has 2 aromatic rings. The number of nitrogens with one attached hydrogen (secondary N) is 1. The number of carbonyl (C=O) groups excluding carboxylic acids is 1. The number of fused-ring (bicyclic) bond motifs is 1. The summed E-state index contributed by atoms with van der Waals surface area (Å²) in [7, 11) is 2.09. The second-order valence-corrected chi connectivity index (χ2v) is 8.33. The van der Waals surface area contributed by atoms with Crippen molar-refractivity contribution in [2.24, 2.45) is 13.0 Å². The number of likely N-dealkylation sites (N-methyl/N-ethyl adjacent to an activating group) is 1. The van der Waals surface area contributed by atoms with Crippen LogP contribution in [0.15, 0.2) is 18.2 Å². The molecule has 0 spiro atoms. The van der Waals surface area contributed by atoms with Gasteiger partial charge in [0.1, 0.15) is 5.82 Å². The normalized spacial score (nSPS) is 19.9. The molecular formula is C22H33N5O. The number of piperazine rings is 1. The Kier molecular flexibility index (Phi) is 5.97. The molecular weight excluding hydrogens is 350 g/mol. The lowest BCUT2D eigenvalue weighted by Gasteiger charge is -2.33. The summed E-state index contributed by atoms with van der Waals surface area (Å²) in [5, 5.41) is 3.12. The Morgan fingerprint density at radius 3 is 2.54 bits per heavy atom. The molecule has 6 heteroatoms. The average Bonchev–Trinajstić information content (AvgIpc) is 3.04. The van der Waals surface area contributed by atoms with Crippen molar-refractivity contribution < 1.29 is 4.79 Å². The van der Waals surface area contributed by atoms with Crippen LogP contribution < -0.4 is 5.32 Å². The summed E-state index contributed by atoms with van der Waals surface area (Å²) in [5.74, 6) is 1.44. The van der Waals surface area contributed by atoms with Gasteiger partial charge in [0.25, 0.3) is 0 Å². The standard InChI is InChI=1S/C22H33N5O/c1-3-26-11-13-27(14-12-26)16-21-24-19-15-18(9-10-20(19)25(21)2)23-22(28)17-7-5-4-6-8-17/h9-10,15,17H,3-8,11-14,16H2,1-2H3,(H,23,28). The molecule has 0 radical (unpaired) electrons. The van der Waals surface area contributed by atoms with Crippen molar-refractivity contribution in [3.8, 4) is 0 Å². The van der Waals surface area contributed by atoms with Crippen molar-refractivity contribution in [3.05, 3.63) is 24.0 Å². The maximum absolute atomic E-state index is 12.5. The van der Waals surface area contributed by atoms with Crippen LogP contribution in [0.1, 0.15) is 44.9 Å².